The van der Waals surface area contributed by atoms with Crippen LogP contribution in [0.1, 0.15) is 5.56 Å². The van der Waals surface area contributed by atoms with Crippen LogP contribution >= 0.6 is 0 Å². The molecule has 0 spiro atoms. The number of hydrogen-bond donors (Lipinski definition) is 3. The lowest BCUT2D eigenvalue weighted by molar-refractivity contribution is 1.07. The fourth-order valence-corrected chi connectivity index (χ4v) is 2.02. The highest BCUT2D eigenvalue weighted by atomic mass is 15.2. The predicted molar refractivity (Wildman–Crippen MR) is 87.3 cm³/mol. The molecule has 0 radical (unpaired) electrons. The highest BCUT2D eigenvalue weighted by Crippen LogP contribution is 2.19. The van der Waals surface area contributed by atoms with E-state index in [2.05, 4.69) is 20.3 Å². The van der Waals surface area contributed by atoms with Gasteiger partial charge in [0.05, 0.1) is 0 Å². The summed E-state index contributed by atoms with van der Waals surface area (Å²) >= 11 is 0. The van der Waals surface area contributed by atoms with Gasteiger partial charge in [0.2, 0.25) is 11.9 Å². The maximum Gasteiger partial charge on any atom is 0.232 e. The van der Waals surface area contributed by atoms with Crippen LogP contribution in [0.4, 0.5) is 17.6 Å². The van der Waals surface area contributed by atoms with Crippen molar-refractivity contribution in [3.8, 4) is 11.4 Å². The Morgan fingerprint density at radius 1 is 0.864 bits per heavy atom. The summed E-state index contributed by atoms with van der Waals surface area (Å²) in [6, 6.07) is 17.4. The fraction of sp³-hybridized carbons (Fsp3) is 0.0625. The molecule has 0 aliphatic carbocycles. The van der Waals surface area contributed by atoms with E-state index in [0.29, 0.717) is 18.3 Å². The number of nitrogens with one attached hydrogen (secondary N) is 1. The predicted octanol–water partition coefficient (Wildman–Crippen LogP) is 2.32. The van der Waals surface area contributed by atoms with Gasteiger partial charge in [-0.15, -0.1) is 0 Å². The molecule has 0 atom stereocenters. The first kappa shape index (κ1) is 14.0. The van der Waals surface area contributed by atoms with E-state index in [0.717, 1.165) is 16.8 Å². The molecule has 1 heterocycles. The van der Waals surface area contributed by atoms with Crippen molar-refractivity contribution in [2.24, 2.45) is 5.73 Å². The van der Waals surface area contributed by atoms with Crippen LogP contribution in [0.15, 0.2) is 54.6 Å². The Bertz CT molecular complexity index is 755. The van der Waals surface area contributed by atoms with Crippen molar-refractivity contribution < 1.29 is 0 Å². The molecule has 0 unspecified atom stereocenters. The van der Waals surface area contributed by atoms with E-state index < -0.39 is 0 Å². The van der Waals surface area contributed by atoms with Crippen LogP contribution in [0.3, 0.4) is 0 Å². The number of hydrogen-bond acceptors (Lipinski definition) is 6. The summed E-state index contributed by atoms with van der Waals surface area (Å²) in [5.41, 5.74) is 14.2. The van der Waals surface area contributed by atoms with Crippen molar-refractivity contribution in [2.75, 3.05) is 11.1 Å². The zero-order chi connectivity index (χ0) is 15.4. The zero-order valence-corrected chi connectivity index (χ0v) is 11.9. The third kappa shape index (κ3) is 3.18. The normalized spacial score (nSPS) is 10.4. The largest absolute Gasteiger partial charge is 0.368 e. The molecule has 0 fully saturated rings. The lowest BCUT2D eigenvalue weighted by atomic mass is 10.2. The zero-order valence-electron chi connectivity index (χ0n) is 11.9. The van der Waals surface area contributed by atoms with Gasteiger partial charge in [-0.05, 0) is 17.7 Å². The van der Waals surface area contributed by atoms with Crippen molar-refractivity contribution in [3.05, 3.63) is 60.2 Å². The standard InChI is InChI=1S/C16H16N6/c17-10-11-6-8-13(9-7-11)19-16-21-14(20-15(18)22-16)12-4-2-1-3-5-12/h1-9H,10,17H2,(H3,18,19,20,21,22). The summed E-state index contributed by atoms with van der Waals surface area (Å²) in [5.74, 6) is 1.12. The summed E-state index contributed by atoms with van der Waals surface area (Å²) in [7, 11) is 0. The quantitative estimate of drug-likeness (QED) is 0.682. The van der Waals surface area contributed by atoms with Crippen molar-refractivity contribution in [3.63, 3.8) is 0 Å². The van der Waals surface area contributed by atoms with Gasteiger partial charge in [-0.3, -0.25) is 0 Å². The topological polar surface area (TPSA) is 103 Å². The number of aromatic nitrogens is 3. The molecule has 0 amide bonds. The lowest BCUT2D eigenvalue weighted by Crippen LogP contribution is -2.05. The number of nitrogen functional groups attached to an aromatic ring is 1. The molecule has 2 aromatic carbocycles. The second-order valence-corrected chi connectivity index (χ2v) is 4.73. The van der Waals surface area contributed by atoms with Crippen molar-refractivity contribution in [1.29, 1.82) is 0 Å². The van der Waals surface area contributed by atoms with E-state index in [-0.39, 0.29) is 5.95 Å². The molecule has 0 bridgehead atoms. The molecule has 110 valence electrons. The average molecular weight is 292 g/mol. The summed E-state index contributed by atoms with van der Waals surface area (Å²) in [6.45, 7) is 0.511. The van der Waals surface area contributed by atoms with E-state index in [9.17, 15) is 0 Å². The monoisotopic (exact) mass is 292 g/mol. The molecular formula is C16H16N6. The summed E-state index contributed by atoms with van der Waals surface area (Å²) in [5, 5.41) is 3.12. The number of nitrogens with zero attached hydrogens (tertiary/aromatic N) is 3. The second kappa shape index (κ2) is 6.19. The number of anilines is 3. The Morgan fingerprint density at radius 2 is 1.59 bits per heavy atom. The molecule has 6 nitrogen and oxygen atoms in total. The summed E-state index contributed by atoms with van der Waals surface area (Å²) in [6.07, 6.45) is 0. The Labute approximate surface area is 128 Å². The minimum Gasteiger partial charge on any atom is -0.368 e. The first-order valence-electron chi connectivity index (χ1n) is 6.87. The third-order valence-corrected chi connectivity index (χ3v) is 3.13. The SMILES string of the molecule is NCc1ccc(Nc2nc(N)nc(-c3ccccc3)n2)cc1. The molecule has 3 aromatic rings. The Kier molecular flexibility index (Phi) is 3.93. The van der Waals surface area contributed by atoms with Crippen molar-refractivity contribution in [2.45, 2.75) is 6.54 Å². The van der Waals surface area contributed by atoms with Gasteiger partial charge in [0.15, 0.2) is 5.82 Å². The van der Waals surface area contributed by atoms with Gasteiger partial charge in [-0.25, -0.2) is 0 Å². The average Bonchev–Trinajstić information content (AvgIpc) is 2.56. The van der Waals surface area contributed by atoms with Crippen LogP contribution in [0.2, 0.25) is 0 Å². The van der Waals surface area contributed by atoms with Gasteiger partial charge in [-0.2, -0.15) is 15.0 Å². The molecule has 22 heavy (non-hydrogen) atoms. The Hall–Kier alpha value is -2.99. The first-order chi connectivity index (χ1) is 10.7. The maximum absolute atomic E-state index is 5.78. The van der Waals surface area contributed by atoms with Gasteiger partial charge in [0.25, 0.3) is 0 Å². The van der Waals surface area contributed by atoms with E-state index in [4.69, 9.17) is 11.5 Å². The van der Waals surface area contributed by atoms with Crippen LogP contribution in [0.5, 0.6) is 0 Å². The summed E-state index contributed by atoms with van der Waals surface area (Å²) < 4.78 is 0. The Morgan fingerprint density at radius 3 is 2.27 bits per heavy atom. The molecule has 0 aliphatic heterocycles. The number of rotatable bonds is 4. The molecule has 6 heteroatoms. The summed E-state index contributed by atoms with van der Waals surface area (Å²) in [4.78, 5) is 12.7. The number of benzene rings is 2. The van der Waals surface area contributed by atoms with Crippen molar-refractivity contribution >= 4 is 17.6 Å². The van der Waals surface area contributed by atoms with Crippen LogP contribution in [-0.2, 0) is 6.54 Å². The lowest BCUT2D eigenvalue weighted by Gasteiger charge is -2.08. The molecule has 0 saturated carbocycles. The third-order valence-electron chi connectivity index (χ3n) is 3.13. The molecule has 1 aromatic heterocycles. The van der Waals surface area contributed by atoms with Gasteiger partial charge in [0, 0.05) is 17.8 Å². The van der Waals surface area contributed by atoms with Gasteiger partial charge in [-0.1, -0.05) is 42.5 Å². The van der Waals surface area contributed by atoms with Gasteiger partial charge >= 0.3 is 0 Å². The second-order valence-electron chi connectivity index (χ2n) is 4.73. The minimum atomic E-state index is 0.176. The molecule has 0 aliphatic rings. The van der Waals surface area contributed by atoms with Gasteiger partial charge in [0.1, 0.15) is 0 Å². The molecule has 0 saturated heterocycles. The Balaban J connectivity index is 1.89. The highest BCUT2D eigenvalue weighted by Gasteiger charge is 2.06. The smallest absolute Gasteiger partial charge is 0.232 e. The molecular weight excluding hydrogens is 276 g/mol. The van der Waals surface area contributed by atoms with Crippen LogP contribution in [0.25, 0.3) is 11.4 Å². The number of nitrogens with two attached hydrogens (primary N) is 2. The van der Waals surface area contributed by atoms with Crippen LogP contribution in [-0.4, -0.2) is 15.0 Å². The first-order valence-corrected chi connectivity index (χ1v) is 6.87. The van der Waals surface area contributed by atoms with Crippen LogP contribution in [0, 0.1) is 0 Å². The van der Waals surface area contributed by atoms with E-state index >= 15 is 0 Å². The van der Waals surface area contributed by atoms with E-state index in [1.165, 1.54) is 0 Å². The fourth-order valence-electron chi connectivity index (χ4n) is 2.02. The maximum atomic E-state index is 5.78. The molecule has 5 N–H and O–H groups in total. The van der Waals surface area contributed by atoms with Crippen molar-refractivity contribution in [1.82, 2.24) is 15.0 Å². The van der Waals surface area contributed by atoms with E-state index in [1.807, 2.05) is 54.6 Å². The minimum absolute atomic E-state index is 0.176. The van der Waals surface area contributed by atoms with Crippen LogP contribution < -0.4 is 16.8 Å². The highest BCUT2D eigenvalue weighted by molar-refractivity contribution is 5.60. The molecule has 3 rings (SSSR count). The van der Waals surface area contributed by atoms with E-state index in [1.54, 1.807) is 0 Å². The van der Waals surface area contributed by atoms with Gasteiger partial charge < -0.3 is 16.8 Å².